The quantitative estimate of drug-likeness (QED) is 0.590. The first-order valence-corrected chi connectivity index (χ1v) is 3.63. The van der Waals surface area contributed by atoms with Gasteiger partial charge in [0.2, 0.25) is 0 Å². The molecule has 4 heteroatoms. The third kappa shape index (κ3) is 1.52. The summed E-state index contributed by atoms with van der Waals surface area (Å²) in [6.07, 6.45) is 0.831. The highest BCUT2D eigenvalue weighted by molar-refractivity contribution is 5.74. The SMILES string of the molecule is O=C(O)C1(CO)CCOCC1. The number of ether oxygens (including phenoxy) is 1. The summed E-state index contributed by atoms with van der Waals surface area (Å²) in [4.78, 5) is 10.7. The van der Waals surface area contributed by atoms with Crippen LogP contribution in [-0.2, 0) is 9.53 Å². The van der Waals surface area contributed by atoms with E-state index in [9.17, 15) is 4.79 Å². The lowest BCUT2D eigenvalue weighted by Crippen LogP contribution is -2.40. The highest BCUT2D eigenvalue weighted by Crippen LogP contribution is 2.29. The fraction of sp³-hybridized carbons (Fsp3) is 0.857. The molecule has 1 saturated heterocycles. The second kappa shape index (κ2) is 3.19. The third-order valence-electron chi connectivity index (χ3n) is 2.21. The summed E-state index contributed by atoms with van der Waals surface area (Å²) in [6, 6.07) is 0. The molecule has 0 aromatic heterocycles. The lowest BCUT2D eigenvalue weighted by molar-refractivity contribution is -0.158. The van der Waals surface area contributed by atoms with Crippen molar-refractivity contribution in [3.8, 4) is 0 Å². The largest absolute Gasteiger partial charge is 0.481 e. The third-order valence-corrected chi connectivity index (χ3v) is 2.21. The van der Waals surface area contributed by atoms with Gasteiger partial charge in [0, 0.05) is 13.2 Å². The number of rotatable bonds is 2. The van der Waals surface area contributed by atoms with Crippen LogP contribution in [0.4, 0.5) is 0 Å². The summed E-state index contributed by atoms with van der Waals surface area (Å²) in [5.41, 5.74) is -0.932. The Labute approximate surface area is 64.8 Å². The van der Waals surface area contributed by atoms with Gasteiger partial charge >= 0.3 is 5.97 Å². The van der Waals surface area contributed by atoms with Crippen molar-refractivity contribution in [1.82, 2.24) is 0 Å². The smallest absolute Gasteiger partial charge is 0.312 e. The average molecular weight is 160 g/mol. The molecule has 64 valence electrons. The van der Waals surface area contributed by atoms with Gasteiger partial charge in [0.1, 0.15) is 0 Å². The molecule has 11 heavy (non-hydrogen) atoms. The number of aliphatic hydroxyl groups is 1. The van der Waals surface area contributed by atoms with Crippen molar-refractivity contribution in [2.75, 3.05) is 19.8 Å². The van der Waals surface area contributed by atoms with Gasteiger partial charge in [0.15, 0.2) is 0 Å². The lowest BCUT2D eigenvalue weighted by atomic mass is 9.81. The first-order valence-electron chi connectivity index (χ1n) is 3.63. The maximum Gasteiger partial charge on any atom is 0.312 e. The molecule has 0 bridgehead atoms. The molecule has 0 atom stereocenters. The van der Waals surface area contributed by atoms with Gasteiger partial charge in [-0.1, -0.05) is 0 Å². The predicted molar refractivity (Wildman–Crippen MR) is 37.2 cm³/mol. The van der Waals surface area contributed by atoms with E-state index in [4.69, 9.17) is 14.9 Å². The van der Waals surface area contributed by atoms with Crippen LogP contribution in [0, 0.1) is 5.41 Å². The van der Waals surface area contributed by atoms with Crippen molar-refractivity contribution in [1.29, 1.82) is 0 Å². The molecule has 1 heterocycles. The fourth-order valence-corrected chi connectivity index (χ4v) is 1.20. The molecule has 0 aliphatic carbocycles. The number of carbonyl (C=O) groups is 1. The highest BCUT2D eigenvalue weighted by Gasteiger charge is 2.39. The van der Waals surface area contributed by atoms with E-state index in [-0.39, 0.29) is 6.61 Å². The van der Waals surface area contributed by atoms with Gasteiger partial charge in [-0.15, -0.1) is 0 Å². The normalized spacial score (nSPS) is 23.0. The monoisotopic (exact) mass is 160 g/mol. The van der Waals surface area contributed by atoms with Crippen LogP contribution in [0.1, 0.15) is 12.8 Å². The zero-order valence-corrected chi connectivity index (χ0v) is 6.25. The Hall–Kier alpha value is -0.610. The minimum absolute atomic E-state index is 0.286. The van der Waals surface area contributed by atoms with E-state index in [0.29, 0.717) is 26.1 Å². The van der Waals surface area contributed by atoms with Gasteiger partial charge in [-0.2, -0.15) is 0 Å². The second-order valence-electron chi connectivity index (χ2n) is 2.86. The minimum Gasteiger partial charge on any atom is -0.481 e. The van der Waals surface area contributed by atoms with Crippen molar-refractivity contribution >= 4 is 5.97 Å². The van der Waals surface area contributed by atoms with E-state index in [0.717, 1.165) is 0 Å². The van der Waals surface area contributed by atoms with Crippen molar-refractivity contribution in [2.24, 2.45) is 5.41 Å². The summed E-state index contributed by atoms with van der Waals surface area (Å²) < 4.78 is 5.00. The topological polar surface area (TPSA) is 66.8 Å². The molecule has 0 aromatic carbocycles. The van der Waals surface area contributed by atoms with Gasteiger partial charge in [0.25, 0.3) is 0 Å². The molecule has 2 N–H and O–H groups in total. The molecular weight excluding hydrogens is 148 g/mol. The first kappa shape index (κ1) is 8.49. The van der Waals surface area contributed by atoms with E-state index in [1.54, 1.807) is 0 Å². The van der Waals surface area contributed by atoms with Crippen LogP contribution in [0.15, 0.2) is 0 Å². The Morgan fingerprint density at radius 1 is 1.45 bits per heavy atom. The molecule has 0 amide bonds. The molecule has 0 unspecified atom stereocenters. The van der Waals surface area contributed by atoms with Crippen molar-refractivity contribution < 1.29 is 19.7 Å². The van der Waals surface area contributed by atoms with E-state index < -0.39 is 11.4 Å². The summed E-state index contributed by atoms with van der Waals surface area (Å²) in [7, 11) is 0. The molecule has 1 fully saturated rings. The Bertz CT molecular complexity index is 149. The van der Waals surface area contributed by atoms with Gasteiger partial charge in [-0.25, -0.2) is 0 Å². The lowest BCUT2D eigenvalue weighted by Gasteiger charge is -2.30. The van der Waals surface area contributed by atoms with E-state index >= 15 is 0 Å². The van der Waals surface area contributed by atoms with Crippen LogP contribution < -0.4 is 0 Å². The van der Waals surface area contributed by atoms with E-state index in [2.05, 4.69) is 0 Å². The van der Waals surface area contributed by atoms with Crippen LogP contribution in [0.5, 0.6) is 0 Å². The average Bonchev–Trinajstić information content (AvgIpc) is 2.05. The van der Waals surface area contributed by atoms with Gasteiger partial charge in [-0.05, 0) is 12.8 Å². The van der Waals surface area contributed by atoms with Gasteiger partial charge in [0.05, 0.1) is 12.0 Å². The maximum absolute atomic E-state index is 10.7. The molecule has 0 spiro atoms. The van der Waals surface area contributed by atoms with Crippen LogP contribution >= 0.6 is 0 Å². The zero-order chi connectivity index (χ0) is 8.32. The van der Waals surface area contributed by atoms with Crippen LogP contribution in [0.3, 0.4) is 0 Å². The van der Waals surface area contributed by atoms with Crippen molar-refractivity contribution in [3.63, 3.8) is 0 Å². The predicted octanol–water partition coefficient (Wildman–Crippen LogP) is -0.140. The van der Waals surface area contributed by atoms with Gasteiger partial charge in [-0.3, -0.25) is 4.79 Å². The number of carboxylic acid groups (broad SMARTS) is 1. The van der Waals surface area contributed by atoms with Crippen LogP contribution in [-0.4, -0.2) is 36.0 Å². The van der Waals surface area contributed by atoms with Crippen LogP contribution in [0.25, 0.3) is 0 Å². The maximum atomic E-state index is 10.7. The summed E-state index contributed by atoms with van der Waals surface area (Å²) >= 11 is 0. The number of aliphatic hydroxyl groups excluding tert-OH is 1. The summed E-state index contributed by atoms with van der Waals surface area (Å²) in [5.74, 6) is -0.914. The number of hydrogen-bond donors (Lipinski definition) is 2. The van der Waals surface area contributed by atoms with E-state index in [1.807, 2.05) is 0 Å². The Kier molecular flexibility index (Phi) is 2.46. The summed E-state index contributed by atoms with van der Waals surface area (Å²) in [5, 5.41) is 17.6. The molecule has 1 aliphatic rings. The summed E-state index contributed by atoms with van der Waals surface area (Å²) in [6.45, 7) is 0.589. The minimum atomic E-state index is -0.932. The van der Waals surface area contributed by atoms with Crippen LogP contribution in [0.2, 0.25) is 0 Å². The Balaban J connectivity index is 2.64. The molecule has 1 aliphatic heterocycles. The number of aliphatic carboxylic acids is 1. The zero-order valence-electron chi connectivity index (χ0n) is 6.25. The fourth-order valence-electron chi connectivity index (χ4n) is 1.20. The molecule has 4 nitrogen and oxygen atoms in total. The number of hydrogen-bond acceptors (Lipinski definition) is 3. The molecule has 0 radical (unpaired) electrons. The van der Waals surface area contributed by atoms with Gasteiger partial charge < -0.3 is 14.9 Å². The number of carboxylic acids is 1. The molecule has 0 saturated carbocycles. The highest BCUT2D eigenvalue weighted by atomic mass is 16.5. The Morgan fingerprint density at radius 2 is 2.00 bits per heavy atom. The van der Waals surface area contributed by atoms with E-state index in [1.165, 1.54) is 0 Å². The molecule has 1 rings (SSSR count). The molecule has 0 aromatic rings. The first-order chi connectivity index (χ1) is 5.21. The second-order valence-corrected chi connectivity index (χ2v) is 2.86. The standard InChI is InChI=1S/C7H12O4/c8-5-7(6(9)10)1-3-11-4-2-7/h8H,1-5H2,(H,9,10). The van der Waals surface area contributed by atoms with Crippen molar-refractivity contribution in [2.45, 2.75) is 12.8 Å². The van der Waals surface area contributed by atoms with Crippen molar-refractivity contribution in [3.05, 3.63) is 0 Å². The molecular formula is C7H12O4. The Morgan fingerprint density at radius 3 is 2.27 bits per heavy atom.